The Morgan fingerprint density at radius 3 is 2.41 bits per heavy atom. The molecule has 6 nitrogen and oxygen atoms in total. The Balaban J connectivity index is 1.96. The summed E-state index contributed by atoms with van der Waals surface area (Å²) in [6, 6.07) is 11.5. The summed E-state index contributed by atoms with van der Waals surface area (Å²) in [7, 11) is -5.93. The highest BCUT2D eigenvalue weighted by Crippen LogP contribution is 2.27. The number of para-hydroxylation sites is 1. The van der Waals surface area contributed by atoms with Gasteiger partial charge in [-0.05, 0) is 36.8 Å². The molecule has 144 valence electrons. The van der Waals surface area contributed by atoms with E-state index in [0.717, 1.165) is 18.2 Å². The van der Waals surface area contributed by atoms with Crippen molar-refractivity contribution in [1.82, 2.24) is 0 Å². The molecule has 0 unspecified atom stereocenters. The van der Waals surface area contributed by atoms with Crippen LogP contribution in [-0.2, 0) is 19.7 Å². The van der Waals surface area contributed by atoms with Crippen LogP contribution in [0.15, 0.2) is 53.4 Å². The summed E-state index contributed by atoms with van der Waals surface area (Å²) >= 11 is 0. The molecule has 0 aromatic heterocycles. The van der Waals surface area contributed by atoms with Crippen LogP contribution in [0.4, 0.5) is 10.1 Å². The van der Waals surface area contributed by atoms with Gasteiger partial charge in [-0.2, -0.15) is 0 Å². The van der Waals surface area contributed by atoms with Crippen molar-refractivity contribution in [1.29, 1.82) is 0 Å². The van der Waals surface area contributed by atoms with Gasteiger partial charge in [-0.25, -0.2) is 21.2 Å². The number of hydrogen-bond acceptors (Lipinski definition) is 5. The number of amides is 1. The largest absolute Gasteiger partial charge is 0.311 e. The second kappa shape index (κ2) is 7.05. The minimum atomic E-state index is -3.99. The molecule has 0 N–H and O–H groups in total. The van der Waals surface area contributed by atoms with Gasteiger partial charge in [0.1, 0.15) is 5.82 Å². The topological polar surface area (TPSA) is 88.6 Å². The van der Waals surface area contributed by atoms with Crippen LogP contribution >= 0.6 is 0 Å². The third kappa shape index (κ3) is 3.89. The molecule has 3 rings (SSSR count). The number of carbonyl (C=O) groups excluding carboxylic acids is 1. The average Bonchev–Trinajstić information content (AvgIpc) is 3.02. The van der Waals surface area contributed by atoms with Crippen LogP contribution in [0.2, 0.25) is 0 Å². The summed E-state index contributed by atoms with van der Waals surface area (Å²) in [4.78, 5) is 13.6. The normalized spacial score (nSPS) is 19.0. The van der Waals surface area contributed by atoms with Crippen molar-refractivity contribution in [2.45, 2.75) is 16.6 Å². The number of carbonyl (C=O) groups is 1. The van der Waals surface area contributed by atoms with Gasteiger partial charge in [-0.1, -0.05) is 18.2 Å². The molecule has 0 aliphatic carbocycles. The summed E-state index contributed by atoms with van der Waals surface area (Å²) in [6.07, 6.45) is -0.00472. The maximum Gasteiger partial charge on any atom is 0.261 e. The lowest BCUT2D eigenvalue weighted by Crippen LogP contribution is -2.28. The second-order valence-electron chi connectivity index (χ2n) is 6.41. The van der Waals surface area contributed by atoms with E-state index in [1.54, 1.807) is 30.3 Å². The molecule has 1 saturated heterocycles. The fraction of sp³-hybridized carbons (Fsp3) is 0.278. The van der Waals surface area contributed by atoms with Crippen LogP contribution in [0.5, 0.6) is 0 Å². The predicted octanol–water partition coefficient (Wildman–Crippen LogP) is 2.06. The Morgan fingerprint density at radius 1 is 1.15 bits per heavy atom. The van der Waals surface area contributed by atoms with Gasteiger partial charge in [0.15, 0.2) is 19.7 Å². The van der Waals surface area contributed by atoms with Crippen molar-refractivity contribution < 1.29 is 26.0 Å². The Morgan fingerprint density at radius 2 is 1.81 bits per heavy atom. The van der Waals surface area contributed by atoms with E-state index in [1.165, 1.54) is 11.9 Å². The van der Waals surface area contributed by atoms with Gasteiger partial charge < -0.3 is 4.90 Å². The van der Waals surface area contributed by atoms with E-state index in [4.69, 9.17) is 0 Å². The highest BCUT2D eigenvalue weighted by Gasteiger charge is 2.38. The van der Waals surface area contributed by atoms with Crippen molar-refractivity contribution >= 4 is 31.3 Å². The zero-order valence-corrected chi connectivity index (χ0v) is 16.1. The lowest BCUT2D eigenvalue weighted by molar-refractivity contribution is 0.0989. The summed E-state index contributed by atoms with van der Waals surface area (Å²) in [5.41, 5.74) is 0.139. The van der Waals surface area contributed by atoms with Crippen molar-refractivity contribution in [3.05, 3.63) is 59.9 Å². The first-order chi connectivity index (χ1) is 12.6. The Kier molecular flexibility index (Phi) is 5.09. The number of sulfone groups is 2. The van der Waals surface area contributed by atoms with Crippen LogP contribution in [0, 0.1) is 5.82 Å². The fourth-order valence-electron chi connectivity index (χ4n) is 2.99. The molecule has 1 heterocycles. The van der Waals surface area contributed by atoms with E-state index in [0.29, 0.717) is 5.69 Å². The molecule has 1 aliphatic rings. The molecule has 1 aliphatic heterocycles. The molecule has 1 atom stereocenters. The number of halogens is 1. The Labute approximate surface area is 157 Å². The number of benzene rings is 2. The molecule has 1 amide bonds. The smallest absolute Gasteiger partial charge is 0.261 e. The Hall–Kier alpha value is -2.26. The lowest BCUT2D eigenvalue weighted by atomic mass is 10.1. The van der Waals surface area contributed by atoms with Gasteiger partial charge in [0, 0.05) is 12.7 Å². The van der Waals surface area contributed by atoms with Crippen LogP contribution in [0.1, 0.15) is 16.8 Å². The minimum absolute atomic E-state index is 0.00472. The van der Waals surface area contributed by atoms with E-state index in [2.05, 4.69) is 0 Å². The standard InChI is InChI=1S/C18H18FNO5S2/c1-20(13-5-3-2-4-6-13)18(21)16-11-14(7-8-17(16)19)27(24,25)15-9-10-26(22,23)12-15/h2-8,11,15H,9-10,12H2,1H3/t15-/m1/s1. The molecule has 2 aromatic rings. The van der Waals surface area contributed by atoms with Gasteiger partial charge in [0.25, 0.3) is 5.91 Å². The van der Waals surface area contributed by atoms with Crippen molar-refractivity contribution in [3.8, 4) is 0 Å². The molecule has 2 aromatic carbocycles. The monoisotopic (exact) mass is 411 g/mol. The predicted molar refractivity (Wildman–Crippen MR) is 99.8 cm³/mol. The number of rotatable bonds is 4. The fourth-order valence-corrected chi connectivity index (χ4v) is 7.38. The van der Waals surface area contributed by atoms with Crippen LogP contribution in [0.3, 0.4) is 0 Å². The van der Waals surface area contributed by atoms with Gasteiger partial charge >= 0.3 is 0 Å². The molecular weight excluding hydrogens is 393 g/mol. The summed E-state index contributed by atoms with van der Waals surface area (Å²) < 4.78 is 62.9. The summed E-state index contributed by atoms with van der Waals surface area (Å²) in [5, 5.41) is -1.08. The van der Waals surface area contributed by atoms with Crippen LogP contribution in [0.25, 0.3) is 0 Å². The first kappa shape index (κ1) is 19.5. The Bertz CT molecular complexity index is 1080. The van der Waals surface area contributed by atoms with E-state index >= 15 is 0 Å². The molecular formula is C18H18FNO5S2. The van der Waals surface area contributed by atoms with Gasteiger partial charge in [0.05, 0.1) is 27.2 Å². The van der Waals surface area contributed by atoms with Crippen LogP contribution < -0.4 is 4.90 Å². The van der Waals surface area contributed by atoms with Crippen molar-refractivity contribution in [2.24, 2.45) is 0 Å². The zero-order chi connectivity index (χ0) is 19.8. The van der Waals surface area contributed by atoms with E-state index in [9.17, 15) is 26.0 Å². The molecule has 0 saturated carbocycles. The van der Waals surface area contributed by atoms with E-state index < -0.39 is 42.4 Å². The number of hydrogen-bond donors (Lipinski definition) is 0. The number of anilines is 1. The SMILES string of the molecule is CN(C(=O)c1cc(S(=O)(=O)[C@@H]2CCS(=O)(=O)C2)ccc1F)c1ccccc1. The van der Waals surface area contributed by atoms with E-state index in [-0.39, 0.29) is 22.6 Å². The highest BCUT2D eigenvalue weighted by atomic mass is 32.2. The average molecular weight is 411 g/mol. The molecule has 9 heteroatoms. The molecule has 0 bridgehead atoms. The van der Waals surface area contributed by atoms with Gasteiger partial charge in [0.2, 0.25) is 0 Å². The minimum Gasteiger partial charge on any atom is -0.311 e. The first-order valence-corrected chi connectivity index (χ1v) is 11.6. The first-order valence-electron chi connectivity index (χ1n) is 8.19. The summed E-state index contributed by atoms with van der Waals surface area (Å²) in [6.45, 7) is 0. The lowest BCUT2D eigenvalue weighted by Gasteiger charge is -2.18. The maximum absolute atomic E-state index is 14.2. The van der Waals surface area contributed by atoms with Gasteiger partial charge in [-0.3, -0.25) is 4.79 Å². The van der Waals surface area contributed by atoms with E-state index in [1.807, 2.05) is 0 Å². The molecule has 0 radical (unpaired) electrons. The summed E-state index contributed by atoms with van der Waals surface area (Å²) in [5.74, 6) is -2.20. The zero-order valence-electron chi connectivity index (χ0n) is 14.5. The molecule has 27 heavy (non-hydrogen) atoms. The quantitative estimate of drug-likeness (QED) is 0.719. The third-order valence-electron chi connectivity index (χ3n) is 4.57. The van der Waals surface area contributed by atoms with Crippen molar-refractivity contribution in [3.63, 3.8) is 0 Å². The van der Waals surface area contributed by atoms with Crippen LogP contribution in [-0.4, -0.2) is 46.5 Å². The second-order valence-corrected chi connectivity index (χ2v) is 10.9. The highest BCUT2D eigenvalue weighted by molar-refractivity contribution is 7.96. The maximum atomic E-state index is 14.2. The molecule has 0 spiro atoms. The third-order valence-corrected chi connectivity index (χ3v) is 8.74. The number of nitrogens with zero attached hydrogens (tertiary/aromatic N) is 1. The van der Waals surface area contributed by atoms with Gasteiger partial charge in [-0.15, -0.1) is 0 Å². The van der Waals surface area contributed by atoms with Crippen molar-refractivity contribution in [2.75, 3.05) is 23.5 Å². The molecule has 1 fully saturated rings.